The Balaban J connectivity index is 2.56. The van der Waals surface area contributed by atoms with Crippen LogP contribution in [0.25, 0.3) is 0 Å². The van der Waals surface area contributed by atoms with E-state index in [1.54, 1.807) is 0 Å². The van der Waals surface area contributed by atoms with Crippen LogP contribution in [0.1, 0.15) is 38.6 Å². The highest BCUT2D eigenvalue weighted by Gasteiger charge is 2.13. The van der Waals surface area contributed by atoms with Gasteiger partial charge in [-0.2, -0.15) is 5.10 Å². The summed E-state index contributed by atoms with van der Waals surface area (Å²) in [5.74, 6) is 0.718. The number of nitrogens with one attached hydrogen (secondary N) is 1. The molecular formula is C15H30N4. The Bertz CT molecular complexity index is 358. The largest absolute Gasteiger partial charge is 0.308 e. The van der Waals surface area contributed by atoms with E-state index in [4.69, 9.17) is 0 Å². The lowest BCUT2D eigenvalue weighted by Gasteiger charge is -2.24. The molecule has 1 atom stereocenters. The second kappa shape index (κ2) is 7.65. The van der Waals surface area contributed by atoms with Gasteiger partial charge < -0.3 is 10.2 Å². The van der Waals surface area contributed by atoms with Gasteiger partial charge in [0.25, 0.3) is 0 Å². The van der Waals surface area contributed by atoms with Gasteiger partial charge in [0.15, 0.2) is 0 Å². The molecule has 19 heavy (non-hydrogen) atoms. The second-order valence-electron chi connectivity index (χ2n) is 6.07. The van der Waals surface area contributed by atoms with E-state index in [2.05, 4.69) is 56.2 Å². The van der Waals surface area contributed by atoms with Crippen molar-refractivity contribution in [3.05, 3.63) is 17.5 Å². The topological polar surface area (TPSA) is 33.1 Å². The Hall–Kier alpha value is -0.870. The lowest BCUT2D eigenvalue weighted by Crippen LogP contribution is -2.39. The smallest absolute Gasteiger partial charge is 0.0625 e. The zero-order valence-corrected chi connectivity index (χ0v) is 13.4. The minimum absolute atomic E-state index is 0.537. The monoisotopic (exact) mass is 266 g/mol. The van der Waals surface area contributed by atoms with Crippen LogP contribution in [0.3, 0.4) is 0 Å². The van der Waals surface area contributed by atoms with E-state index < -0.39 is 0 Å². The summed E-state index contributed by atoms with van der Waals surface area (Å²) in [5.41, 5.74) is 2.44. The first kappa shape index (κ1) is 16.2. The zero-order valence-electron chi connectivity index (χ0n) is 13.4. The van der Waals surface area contributed by atoms with Crippen LogP contribution in [0.15, 0.2) is 6.07 Å². The number of rotatable bonds is 8. The Morgan fingerprint density at radius 2 is 2.05 bits per heavy atom. The average molecular weight is 266 g/mol. The normalized spacial score (nSPS) is 13.5. The minimum Gasteiger partial charge on any atom is -0.308 e. The van der Waals surface area contributed by atoms with E-state index in [0.29, 0.717) is 6.04 Å². The quantitative estimate of drug-likeness (QED) is 0.782. The van der Waals surface area contributed by atoms with E-state index in [0.717, 1.165) is 25.4 Å². The summed E-state index contributed by atoms with van der Waals surface area (Å²) in [6.45, 7) is 8.69. The van der Waals surface area contributed by atoms with Crippen molar-refractivity contribution in [1.82, 2.24) is 20.0 Å². The van der Waals surface area contributed by atoms with Crippen LogP contribution in [-0.2, 0) is 20.0 Å². The fraction of sp³-hybridized carbons (Fsp3) is 0.800. The second-order valence-corrected chi connectivity index (χ2v) is 6.07. The molecule has 1 unspecified atom stereocenters. The summed E-state index contributed by atoms with van der Waals surface area (Å²) in [6.07, 6.45) is 2.21. The Morgan fingerprint density at radius 3 is 2.53 bits per heavy atom. The van der Waals surface area contributed by atoms with Crippen LogP contribution in [0.5, 0.6) is 0 Å². The van der Waals surface area contributed by atoms with Gasteiger partial charge in [0.05, 0.1) is 11.4 Å². The first-order chi connectivity index (χ1) is 8.92. The molecule has 0 fully saturated rings. The molecule has 4 heteroatoms. The molecule has 0 aliphatic heterocycles. The van der Waals surface area contributed by atoms with Gasteiger partial charge >= 0.3 is 0 Å². The average Bonchev–Trinajstić information content (AvgIpc) is 2.65. The van der Waals surface area contributed by atoms with E-state index in [1.165, 1.54) is 17.8 Å². The molecule has 110 valence electrons. The molecule has 0 amide bonds. The van der Waals surface area contributed by atoms with Crippen LogP contribution in [-0.4, -0.2) is 41.4 Å². The molecule has 4 nitrogen and oxygen atoms in total. The standard InChI is InChI=1S/C15H30N4/c1-7-13-9-15(19(6)17-13)10-16-14(8-12(2)3)11-18(4)5/h9,12,14,16H,7-8,10-11H2,1-6H3. The predicted molar refractivity (Wildman–Crippen MR) is 81.2 cm³/mol. The SMILES string of the molecule is CCc1cc(CNC(CC(C)C)CN(C)C)n(C)n1. The Morgan fingerprint density at radius 1 is 1.37 bits per heavy atom. The molecule has 0 spiro atoms. The van der Waals surface area contributed by atoms with E-state index >= 15 is 0 Å². The van der Waals surface area contributed by atoms with Gasteiger partial charge in [-0.15, -0.1) is 0 Å². The fourth-order valence-corrected chi connectivity index (χ4v) is 2.39. The fourth-order valence-electron chi connectivity index (χ4n) is 2.39. The number of hydrogen-bond acceptors (Lipinski definition) is 3. The van der Waals surface area contributed by atoms with E-state index in [9.17, 15) is 0 Å². The molecule has 0 aromatic carbocycles. The van der Waals surface area contributed by atoms with Crippen molar-refractivity contribution in [2.24, 2.45) is 13.0 Å². The summed E-state index contributed by atoms with van der Waals surface area (Å²) >= 11 is 0. The highest BCUT2D eigenvalue weighted by Crippen LogP contribution is 2.08. The van der Waals surface area contributed by atoms with Crippen molar-refractivity contribution < 1.29 is 0 Å². The molecule has 0 saturated heterocycles. The van der Waals surface area contributed by atoms with Gasteiger partial charge in [-0.3, -0.25) is 4.68 Å². The molecule has 1 N–H and O–H groups in total. The van der Waals surface area contributed by atoms with Crippen molar-refractivity contribution >= 4 is 0 Å². The van der Waals surface area contributed by atoms with Crippen LogP contribution < -0.4 is 5.32 Å². The molecule has 0 aliphatic rings. The number of aryl methyl sites for hydroxylation is 2. The molecule has 1 aromatic heterocycles. The first-order valence-corrected chi connectivity index (χ1v) is 7.32. The minimum atomic E-state index is 0.537. The van der Waals surface area contributed by atoms with Gasteiger partial charge in [0.1, 0.15) is 0 Å². The lowest BCUT2D eigenvalue weighted by atomic mass is 10.0. The van der Waals surface area contributed by atoms with Gasteiger partial charge in [0, 0.05) is 26.2 Å². The van der Waals surface area contributed by atoms with Gasteiger partial charge in [-0.05, 0) is 38.9 Å². The Labute approximate surface area is 118 Å². The molecular weight excluding hydrogens is 236 g/mol. The molecule has 0 radical (unpaired) electrons. The first-order valence-electron chi connectivity index (χ1n) is 7.32. The van der Waals surface area contributed by atoms with E-state index in [-0.39, 0.29) is 0 Å². The van der Waals surface area contributed by atoms with Crippen molar-refractivity contribution in [2.45, 2.75) is 46.2 Å². The van der Waals surface area contributed by atoms with Crippen molar-refractivity contribution in [3.8, 4) is 0 Å². The lowest BCUT2D eigenvalue weighted by molar-refractivity contribution is 0.303. The third-order valence-electron chi connectivity index (χ3n) is 3.30. The predicted octanol–water partition coefficient (Wildman–Crippen LogP) is 2.05. The highest BCUT2D eigenvalue weighted by molar-refractivity contribution is 5.10. The Kier molecular flexibility index (Phi) is 6.52. The summed E-state index contributed by atoms with van der Waals surface area (Å²) in [4.78, 5) is 2.25. The maximum absolute atomic E-state index is 4.50. The molecule has 1 rings (SSSR count). The van der Waals surface area contributed by atoms with Crippen molar-refractivity contribution in [2.75, 3.05) is 20.6 Å². The van der Waals surface area contributed by atoms with Crippen LogP contribution in [0, 0.1) is 5.92 Å². The van der Waals surface area contributed by atoms with Crippen LogP contribution >= 0.6 is 0 Å². The van der Waals surface area contributed by atoms with Gasteiger partial charge in [-0.25, -0.2) is 0 Å². The highest BCUT2D eigenvalue weighted by atomic mass is 15.3. The van der Waals surface area contributed by atoms with Crippen LogP contribution in [0.2, 0.25) is 0 Å². The third-order valence-corrected chi connectivity index (χ3v) is 3.30. The number of hydrogen-bond donors (Lipinski definition) is 1. The van der Waals surface area contributed by atoms with Crippen molar-refractivity contribution in [3.63, 3.8) is 0 Å². The van der Waals surface area contributed by atoms with Gasteiger partial charge in [0.2, 0.25) is 0 Å². The molecule has 0 aliphatic carbocycles. The number of likely N-dealkylation sites (N-methyl/N-ethyl adjacent to an activating group) is 1. The molecule has 0 saturated carbocycles. The number of nitrogens with zero attached hydrogens (tertiary/aromatic N) is 3. The zero-order chi connectivity index (χ0) is 14.4. The molecule has 0 bridgehead atoms. The van der Waals surface area contributed by atoms with Crippen LogP contribution in [0.4, 0.5) is 0 Å². The van der Waals surface area contributed by atoms with E-state index in [1.807, 2.05) is 11.7 Å². The maximum atomic E-state index is 4.50. The van der Waals surface area contributed by atoms with Crippen molar-refractivity contribution in [1.29, 1.82) is 0 Å². The molecule has 1 heterocycles. The summed E-state index contributed by atoms with van der Waals surface area (Å²) in [6, 6.07) is 2.74. The number of aromatic nitrogens is 2. The maximum Gasteiger partial charge on any atom is 0.0625 e. The summed E-state index contributed by atoms with van der Waals surface area (Å²) in [5, 5.41) is 8.17. The van der Waals surface area contributed by atoms with Gasteiger partial charge in [-0.1, -0.05) is 20.8 Å². The third kappa shape index (κ3) is 5.74. The summed E-state index contributed by atoms with van der Waals surface area (Å²) < 4.78 is 1.99. The summed E-state index contributed by atoms with van der Waals surface area (Å²) in [7, 11) is 6.29. The molecule has 1 aromatic rings.